The van der Waals surface area contributed by atoms with Gasteiger partial charge in [0.25, 0.3) is 0 Å². The van der Waals surface area contributed by atoms with Gasteiger partial charge in [0.1, 0.15) is 11.3 Å². The van der Waals surface area contributed by atoms with Gasteiger partial charge in [0, 0.05) is 18.0 Å². The number of carbonyl (C=O) groups excluding carboxylic acids is 2. The lowest BCUT2D eigenvalue weighted by Crippen LogP contribution is -2.36. The van der Waals surface area contributed by atoms with Crippen molar-refractivity contribution in [2.75, 3.05) is 0 Å². The second-order valence-electron chi connectivity index (χ2n) is 6.26. The summed E-state index contributed by atoms with van der Waals surface area (Å²) in [6.45, 7) is 8.22. The first-order chi connectivity index (χ1) is 11.3. The van der Waals surface area contributed by atoms with Gasteiger partial charge in [0.2, 0.25) is 5.78 Å². The molecule has 128 valence electrons. The minimum Gasteiger partial charge on any atom is -0.443 e. The van der Waals surface area contributed by atoms with Gasteiger partial charge in [-0.25, -0.2) is 9.78 Å². The topological polar surface area (TPSA) is 87.2 Å². The lowest BCUT2D eigenvalue weighted by atomic mass is 9.85. The molecular weight excluding hydrogens is 306 g/mol. The van der Waals surface area contributed by atoms with Gasteiger partial charge >= 0.3 is 6.09 Å². The Balaban J connectivity index is 2.21. The van der Waals surface area contributed by atoms with E-state index in [2.05, 4.69) is 4.98 Å². The van der Waals surface area contributed by atoms with E-state index in [0.717, 1.165) is 5.56 Å². The van der Waals surface area contributed by atoms with Crippen LogP contribution in [0.1, 0.15) is 55.2 Å². The number of aromatic nitrogens is 2. The quantitative estimate of drug-likeness (QED) is 0.825. The summed E-state index contributed by atoms with van der Waals surface area (Å²) in [7, 11) is 0. The minimum atomic E-state index is -0.800. The normalized spacial score (nSPS) is 12.7. The molecule has 2 aromatic rings. The van der Waals surface area contributed by atoms with Crippen molar-refractivity contribution in [2.24, 2.45) is 5.73 Å². The van der Waals surface area contributed by atoms with E-state index in [1.165, 1.54) is 0 Å². The summed E-state index contributed by atoms with van der Waals surface area (Å²) in [4.78, 5) is 27.6. The SMILES string of the molecule is CCn1cncc1C(=O)c1ccc(C(C)C(C)(C)OC(N)=O)cc1. The molecule has 0 bridgehead atoms. The molecule has 6 heteroatoms. The first-order valence-corrected chi connectivity index (χ1v) is 7.89. The maximum atomic E-state index is 12.6. The third-order valence-electron chi connectivity index (χ3n) is 4.36. The highest BCUT2D eigenvalue weighted by molar-refractivity contribution is 6.07. The number of amides is 1. The molecule has 0 aliphatic rings. The van der Waals surface area contributed by atoms with Gasteiger partial charge in [-0.1, -0.05) is 31.2 Å². The van der Waals surface area contributed by atoms with Crippen molar-refractivity contribution < 1.29 is 14.3 Å². The van der Waals surface area contributed by atoms with Crippen molar-refractivity contribution in [1.82, 2.24) is 9.55 Å². The van der Waals surface area contributed by atoms with Crippen LogP contribution in [0.5, 0.6) is 0 Å². The fourth-order valence-electron chi connectivity index (χ4n) is 2.58. The third kappa shape index (κ3) is 3.64. The molecule has 0 aliphatic carbocycles. The number of primary amides is 1. The van der Waals surface area contributed by atoms with Crippen molar-refractivity contribution in [2.45, 2.75) is 45.8 Å². The van der Waals surface area contributed by atoms with Crippen molar-refractivity contribution in [3.63, 3.8) is 0 Å². The van der Waals surface area contributed by atoms with Crippen molar-refractivity contribution in [1.29, 1.82) is 0 Å². The summed E-state index contributed by atoms with van der Waals surface area (Å²) in [6.07, 6.45) is 2.42. The average molecular weight is 329 g/mol. The summed E-state index contributed by atoms with van der Waals surface area (Å²) in [6, 6.07) is 7.30. The number of imidazole rings is 1. The molecule has 0 saturated carbocycles. The average Bonchev–Trinajstić information content (AvgIpc) is 3.01. The minimum absolute atomic E-state index is 0.0683. The molecule has 0 fully saturated rings. The van der Waals surface area contributed by atoms with E-state index in [1.807, 2.05) is 30.5 Å². The number of benzene rings is 1. The molecule has 24 heavy (non-hydrogen) atoms. The fraction of sp³-hybridized carbons (Fsp3) is 0.389. The predicted molar refractivity (Wildman–Crippen MR) is 90.9 cm³/mol. The Morgan fingerprint density at radius 1 is 1.29 bits per heavy atom. The molecule has 1 amide bonds. The Labute approximate surface area is 141 Å². The van der Waals surface area contributed by atoms with Crippen LogP contribution in [-0.2, 0) is 11.3 Å². The van der Waals surface area contributed by atoms with E-state index < -0.39 is 11.7 Å². The number of rotatable bonds is 6. The molecule has 6 nitrogen and oxygen atoms in total. The van der Waals surface area contributed by atoms with Crippen molar-refractivity contribution >= 4 is 11.9 Å². The fourth-order valence-corrected chi connectivity index (χ4v) is 2.58. The molecule has 1 aromatic heterocycles. The lowest BCUT2D eigenvalue weighted by molar-refractivity contribution is 0.0281. The second kappa shape index (κ2) is 6.86. The van der Waals surface area contributed by atoms with Crippen LogP contribution >= 0.6 is 0 Å². The predicted octanol–water partition coefficient (Wildman–Crippen LogP) is 3.11. The van der Waals surface area contributed by atoms with Gasteiger partial charge < -0.3 is 15.0 Å². The molecule has 1 aromatic carbocycles. The van der Waals surface area contributed by atoms with E-state index in [1.54, 1.807) is 38.5 Å². The standard InChI is InChI=1S/C18H23N3O3/c1-5-21-11-20-10-15(21)16(22)14-8-6-13(7-9-14)12(2)18(3,4)24-17(19)23/h6-12H,5H2,1-4H3,(H2,19,23). The van der Waals surface area contributed by atoms with E-state index in [9.17, 15) is 9.59 Å². The first kappa shape index (κ1) is 17.7. The molecule has 0 aliphatic heterocycles. The molecule has 0 saturated heterocycles. The number of aryl methyl sites for hydroxylation is 1. The number of hydrogen-bond acceptors (Lipinski definition) is 4. The summed E-state index contributed by atoms with van der Waals surface area (Å²) < 4.78 is 6.99. The molecule has 0 radical (unpaired) electrons. The Bertz CT molecular complexity index is 732. The van der Waals surface area contributed by atoms with Crippen LogP contribution in [-0.4, -0.2) is 27.0 Å². The molecule has 1 unspecified atom stereocenters. The smallest absolute Gasteiger partial charge is 0.405 e. The van der Waals surface area contributed by atoms with Crippen LogP contribution in [0.25, 0.3) is 0 Å². The van der Waals surface area contributed by atoms with Crippen LogP contribution in [0, 0.1) is 0 Å². The van der Waals surface area contributed by atoms with Gasteiger partial charge in [-0.3, -0.25) is 4.79 Å². The number of ketones is 1. The zero-order valence-corrected chi connectivity index (χ0v) is 14.4. The van der Waals surface area contributed by atoms with E-state index >= 15 is 0 Å². The maximum Gasteiger partial charge on any atom is 0.405 e. The van der Waals surface area contributed by atoms with E-state index in [0.29, 0.717) is 17.8 Å². The molecule has 2 rings (SSSR count). The van der Waals surface area contributed by atoms with E-state index in [4.69, 9.17) is 10.5 Å². The Morgan fingerprint density at radius 2 is 1.92 bits per heavy atom. The molecule has 2 N–H and O–H groups in total. The summed E-state index contributed by atoms with van der Waals surface area (Å²) in [5.41, 5.74) is 6.51. The largest absolute Gasteiger partial charge is 0.443 e. The Hall–Kier alpha value is -2.63. The maximum absolute atomic E-state index is 12.6. The summed E-state index contributed by atoms with van der Waals surface area (Å²) >= 11 is 0. The van der Waals surface area contributed by atoms with Crippen molar-refractivity contribution in [3.8, 4) is 0 Å². The molecule has 1 atom stereocenters. The number of nitrogens with zero attached hydrogens (tertiary/aromatic N) is 2. The van der Waals surface area contributed by atoms with Crippen molar-refractivity contribution in [3.05, 3.63) is 53.6 Å². The van der Waals surface area contributed by atoms with Crippen LogP contribution in [0.4, 0.5) is 4.79 Å². The van der Waals surface area contributed by atoms with Gasteiger partial charge in [0.05, 0.1) is 12.5 Å². The van der Waals surface area contributed by atoms with Gasteiger partial charge in [-0.05, 0) is 26.3 Å². The first-order valence-electron chi connectivity index (χ1n) is 7.89. The highest BCUT2D eigenvalue weighted by Gasteiger charge is 2.30. The number of hydrogen-bond donors (Lipinski definition) is 1. The van der Waals surface area contributed by atoms with Crippen LogP contribution in [0.15, 0.2) is 36.8 Å². The van der Waals surface area contributed by atoms with Gasteiger partial charge in [-0.2, -0.15) is 0 Å². The zero-order valence-electron chi connectivity index (χ0n) is 14.4. The van der Waals surface area contributed by atoms with Crippen LogP contribution in [0.3, 0.4) is 0 Å². The highest BCUT2D eigenvalue weighted by atomic mass is 16.6. The Kier molecular flexibility index (Phi) is 5.07. The lowest BCUT2D eigenvalue weighted by Gasteiger charge is -2.31. The monoisotopic (exact) mass is 329 g/mol. The Morgan fingerprint density at radius 3 is 2.46 bits per heavy atom. The molecular formula is C18H23N3O3. The number of carbonyl (C=O) groups is 2. The molecule has 1 heterocycles. The second-order valence-corrected chi connectivity index (χ2v) is 6.26. The third-order valence-corrected chi connectivity index (χ3v) is 4.36. The van der Waals surface area contributed by atoms with E-state index in [-0.39, 0.29) is 11.7 Å². The van der Waals surface area contributed by atoms with Crippen LogP contribution < -0.4 is 5.73 Å². The summed E-state index contributed by atoms with van der Waals surface area (Å²) in [5.74, 6) is -0.142. The number of ether oxygens (including phenoxy) is 1. The summed E-state index contributed by atoms with van der Waals surface area (Å²) in [5, 5.41) is 0. The number of nitrogens with two attached hydrogens (primary N) is 1. The molecule has 0 spiro atoms. The highest BCUT2D eigenvalue weighted by Crippen LogP contribution is 2.31. The van der Waals surface area contributed by atoms with Gasteiger partial charge in [-0.15, -0.1) is 0 Å². The van der Waals surface area contributed by atoms with Gasteiger partial charge in [0.15, 0.2) is 0 Å². The zero-order chi connectivity index (χ0) is 17.9. The van der Waals surface area contributed by atoms with Crippen LogP contribution in [0.2, 0.25) is 0 Å².